The van der Waals surface area contributed by atoms with Gasteiger partial charge in [-0.15, -0.1) is 0 Å². The maximum atomic E-state index is 3.57. The first-order valence-corrected chi connectivity index (χ1v) is 6.76. The van der Waals surface area contributed by atoms with Crippen LogP contribution in [0.25, 0.3) is 0 Å². The minimum atomic E-state index is 0.767. The average molecular weight is 267 g/mol. The first kappa shape index (κ1) is 11.2. The molecule has 0 radical (unpaired) electrons. The number of benzene rings is 1. The van der Waals surface area contributed by atoms with Crippen molar-refractivity contribution < 1.29 is 0 Å². The molecule has 0 aromatic heterocycles. The number of fused-ring (bicyclic) bond motifs is 1. The summed E-state index contributed by atoms with van der Waals surface area (Å²) in [6.07, 6.45) is 5.37. The third-order valence-electron chi connectivity index (χ3n) is 3.52. The van der Waals surface area contributed by atoms with Crippen LogP contribution in [0.2, 0.25) is 0 Å². The molecule has 2 rings (SSSR count). The lowest BCUT2D eigenvalue weighted by Crippen LogP contribution is -2.07. The average Bonchev–Trinajstić information content (AvgIpc) is 2.38. The Morgan fingerprint density at radius 1 is 1.27 bits per heavy atom. The lowest BCUT2D eigenvalue weighted by atomic mass is 9.84. The summed E-state index contributed by atoms with van der Waals surface area (Å²) in [5.74, 6) is 1.54. The molecule has 15 heavy (non-hydrogen) atoms. The van der Waals surface area contributed by atoms with Crippen LogP contribution in [-0.2, 0) is 6.42 Å². The van der Waals surface area contributed by atoms with Gasteiger partial charge in [0.25, 0.3) is 0 Å². The van der Waals surface area contributed by atoms with Crippen LogP contribution in [0.3, 0.4) is 0 Å². The van der Waals surface area contributed by atoms with Crippen LogP contribution in [0.15, 0.2) is 22.7 Å². The van der Waals surface area contributed by atoms with Gasteiger partial charge in [0.1, 0.15) is 0 Å². The van der Waals surface area contributed by atoms with E-state index in [1.54, 1.807) is 11.1 Å². The summed E-state index contributed by atoms with van der Waals surface area (Å²) in [5.41, 5.74) is 3.17. The maximum absolute atomic E-state index is 3.57. The van der Waals surface area contributed by atoms with Gasteiger partial charge >= 0.3 is 0 Å². The molecule has 1 aromatic rings. The molecular formula is C14H19Br. The Hall–Kier alpha value is -0.300. The molecule has 1 aromatic carbocycles. The summed E-state index contributed by atoms with van der Waals surface area (Å²) in [4.78, 5) is 0. The molecule has 1 heteroatoms. The number of hydrogen-bond acceptors (Lipinski definition) is 0. The lowest BCUT2D eigenvalue weighted by Gasteiger charge is -2.21. The molecule has 0 saturated heterocycles. The topological polar surface area (TPSA) is 0 Å². The molecule has 0 heterocycles. The number of halogens is 1. The fourth-order valence-corrected chi connectivity index (χ4v) is 3.09. The molecule has 1 atom stereocenters. The fraction of sp³-hybridized carbons (Fsp3) is 0.571. The second-order valence-corrected chi connectivity index (χ2v) is 5.86. The highest BCUT2D eigenvalue weighted by Crippen LogP contribution is 2.36. The zero-order valence-corrected chi connectivity index (χ0v) is 11.2. The SMILES string of the molecule is CC(C)C1CCCCc2cc(Br)ccc21. The molecule has 0 aliphatic heterocycles. The molecule has 82 valence electrons. The van der Waals surface area contributed by atoms with Crippen molar-refractivity contribution in [1.29, 1.82) is 0 Å². The van der Waals surface area contributed by atoms with E-state index < -0.39 is 0 Å². The van der Waals surface area contributed by atoms with E-state index in [2.05, 4.69) is 48.0 Å². The Balaban J connectivity index is 2.40. The third-order valence-corrected chi connectivity index (χ3v) is 4.01. The molecule has 1 aliphatic rings. The number of aryl methyl sites for hydroxylation is 1. The zero-order valence-electron chi connectivity index (χ0n) is 9.59. The Bertz CT molecular complexity index is 341. The van der Waals surface area contributed by atoms with Crippen LogP contribution >= 0.6 is 15.9 Å². The minimum absolute atomic E-state index is 0.767. The van der Waals surface area contributed by atoms with Gasteiger partial charge in [-0.2, -0.15) is 0 Å². The Morgan fingerprint density at radius 2 is 2.07 bits per heavy atom. The molecule has 0 bridgehead atoms. The maximum Gasteiger partial charge on any atom is 0.0178 e. The highest BCUT2D eigenvalue weighted by atomic mass is 79.9. The van der Waals surface area contributed by atoms with E-state index in [1.165, 1.54) is 30.2 Å². The van der Waals surface area contributed by atoms with E-state index in [9.17, 15) is 0 Å². The van der Waals surface area contributed by atoms with E-state index in [0.29, 0.717) is 0 Å². The smallest absolute Gasteiger partial charge is 0.0178 e. The summed E-state index contributed by atoms with van der Waals surface area (Å²) in [7, 11) is 0. The minimum Gasteiger partial charge on any atom is -0.0622 e. The highest BCUT2D eigenvalue weighted by Gasteiger charge is 2.21. The second kappa shape index (κ2) is 4.69. The van der Waals surface area contributed by atoms with E-state index in [0.717, 1.165) is 11.8 Å². The van der Waals surface area contributed by atoms with Crippen LogP contribution in [0.5, 0.6) is 0 Å². The van der Waals surface area contributed by atoms with Crippen molar-refractivity contribution in [2.75, 3.05) is 0 Å². The normalized spacial score (nSPS) is 21.2. The lowest BCUT2D eigenvalue weighted by molar-refractivity contribution is 0.460. The van der Waals surface area contributed by atoms with Gasteiger partial charge in [0, 0.05) is 4.47 Å². The van der Waals surface area contributed by atoms with E-state index in [-0.39, 0.29) is 0 Å². The highest BCUT2D eigenvalue weighted by molar-refractivity contribution is 9.10. The van der Waals surface area contributed by atoms with Crippen LogP contribution in [0, 0.1) is 5.92 Å². The zero-order chi connectivity index (χ0) is 10.8. The first-order chi connectivity index (χ1) is 7.18. The van der Waals surface area contributed by atoms with Gasteiger partial charge in [0.2, 0.25) is 0 Å². The predicted octanol–water partition coefficient (Wildman–Crippen LogP) is 4.92. The van der Waals surface area contributed by atoms with Crippen LogP contribution in [-0.4, -0.2) is 0 Å². The van der Waals surface area contributed by atoms with E-state index >= 15 is 0 Å². The van der Waals surface area contributed by atoms with Gasteiger partial charge in [0.05, 0.1) is 0 Å². The first-order valence-electron chi connectivity index (χ1n) is 5.97. The monoisotopic (exact) mass is 266 g/mol. The van der Waals surface area contributed by atoms with Gasteiger partial charge in [-0.3, -0.25) is 0 Å². The molecule has 0 spiro atoms. The summed E-state index contributed by atoms with van der Waals surface area (Å²) in [6, 6.07) is 6.84. The quantitative estimate of drug-likeness (QED) is 0.634. The van der Waals surface area contributed by atoms with Crippen molar-refractivity contribution in [2.24, 2.45) is 5.92 Å². The van der Waals surface area contributed by atoms with Crippen LogP contribution in [0.4, 0.5) is 0 Å². The summed E-state index contributed by atoms with van der Waals surface area (Å²) >= 11 is 3.57. The molecule has 0 nitrogen and oxygen atoms in total. The van der Waals surface area contributed by atoms with Gasteiger partial charge in [0.15, 0.2) is 0 Å². The Morgan fingerprint density at radius 3 is 2.80 bits per heavy atom. The van der Waals surface area contributed by atoms with Crippen molar-refractivity contribution in [3.05, 3.63) is 33.8 Å². The van der Waals surface area contributed by atoms with E-state index in [1.807, 2.05) is 0 Å². The molecular weight excluding hydrogens is 248 g/mol. The largest absolute Gasteiger partial charge is 0.0622 e. The number of rotatable bonds is 1. The fourth-order valence-electron chi connectivity index (χ4n) is 2.68. The summed E-state index contributed by atoms with van der Waals surface area (Å²) in [5, 5.41) is 0. The Labute approximate surface area is 101 Å². The Kier molecular flexibility index (Phi) is 3.50. The van der Waals surface area contributed by atoms with Crippen molar-refractivity contribution >= 4 is 15.9 Å². The van der Waals surface area contributed by atoms with Gasteiger partial charge in [-0.05, 0) is 54.4 Å². The number of hydrogen-bond donors (Lipinski definition) is 0. The van der Waals surface area contributed by atoms with Crippen molar-refractivity contribution in [3.8, 4) is 0 Å². The van der Waals surface area contributed by atoms with E-state index in [4.69, 9.17) is 0 Å². The molecule has 0 saturated carbocycles. The predicted molar refractivity (Wildman–Crippen MR) is 69.3 cm³/mol. The summed E-state index contributed by atoms with van der Waals surface area (Å²) < 4.78 is 1.23. The summed E-state index contributed by atoms with van der Waals surface area (Å²) in [6.45, 7) is 4.70. The van der Waals surface area contributed by atoms with Gasteiger partial charge in [-0.25, -0.2) is 0 Å². The molecule has 0 amide bonds. The van der Waals surface area contributed by atoms with Crippen molar-refractivity contribution in [2.45, 2.75) is 45.4 Å². The van der Waals surface area contributed by atoms with Crippen molar-refractivity contribution in [3.63, 3.8) is 0 Å². The van der Waals surface area contributed by atoms with Crippen molar-refractivity contribution in [1.82, 2.24) is 0 Å². The van der Waals surface area contributed by atoms with Crippen LogP contribution in [0.1, 0.15) is 50.2 Å². The standard InChI is InChI=1S/C14H19Br/c1-10(2)13-6-4-3-5-11-9-12(15)7-8-14(11)13/h7-10,13H,3-6H2,1-2H3. The van der Waals surface area contributed by atoms with Gasteiger partial charge in [-0.1, -0.05) is 42.3 Å². The molecule has 1 aliphatic carbocycles. The molecule has 1 unspecified atom stereocenters. The van der Waals surface area contributed by atoms with Crippen LogP contribution < -0.4 is 0 Å². The van der Waals surface area contributed by atoms with Gasteiger partial charge < -0.3 is 0 Å². The second-order valence-electron chi connectivity index (χ2n) is 4.94. The molecule has 0 N–H and O–H groups in total. The molecule has 0 fully saturated rings. The third kappa shape index (κ3) is 2.44.